The van der Waals surface area contributed by atoms with E-state index in [0.717, 1.165) is 26.9 Å². The fraction of sp³-hybridized carbons (Fsp3) is 0.227. The SMILES string of the molecule is COc1ccc(C)cc1N([C@@H](C)C(=O)Nc1cccc2ccccc12)S(C)(=O)=O. The van der Waals surface area contributed by atoms with Gasteiger partial charge in [0.15, 0.2) is 0 Å². The maximum Gasteiger partial charge on any atom is 0.248 e. The lowest BCUT2D eigenvalue weighted by Crippen LogP contribution is -2.45. The fourth-order valence-electron chi connectivity index (χ4n) is 3.32. The first kappa shape index (κ1) is 20.7. The van der Waals surface area contributed by atoms with Gasteiger partial charge in [-0.1, -0.05) is 42.5 Å². The zero-order valence-electron chi connectivity index (χ0n) is 16.8. The standard InChI is InChI=1S/C22H24N2O4S/c1-15-12-13-21(28-3)20(14-15)24(29(4,26)27)16(2)22(25)23-19-11-7-9-17-8-5-6-10-18(17)19/h5-14,16H,1-4H3,(H,23,25)/t16-/m0/s1. The van der Waals surface area contributed by atoms with Crippen LogP contribution in [0.1, 0.15) is 12.5 Å². The maximum absolute atomic E-state index is 13.0. The minimum Gasteiger partial charge on any atom is -0.495 e. The minimum atomic E-state index is -3.75. The van der Waals surface area contributed by atoms with E-state index in [1.54, 1.807) is 25.1 Å². The number of anilines is 2. The topological polar surface area (TPSA) is 75.7 Å². The maximum atomic E-state index is 13.0. The molecule has 0 spiro atoms. The zero-order chi connectivity index (χ0) is 21.2. The molecule has 3 aromatic carbocycles. The van der Waals surface area contributed by atoms with E-state index in [1.165, 1.54) is 7.11 Å². The third kappa shape index (κ3) is 4.35. The lowest BCUT2D eigenvalue weighted by Gasteiger charge is -2.29. The van der Waals surface area contributed by atoms with Gasteiger partial charge in [-0.15, -0.1) is 0 Å². The van der Waals surface area contributed by atoms with Gasteiger partial charge < -0.3 is 10.1 Å². The number of benzene rings is 3. The molecule has 1 atom stereocenters. The average Bonchev–Trinajstić information content (AvgIpc) is 2.67. The Labute approximate surface area is 171 Å². The molecule has 0 bridgehead atoms. The molecule has 1 N–H and O–H groups in total. The number of amides is 1. The first-order chi connectivity index (χ1) is 13.7. The van der Waals surface area contributed by atoms with E-state index in [9.17, 15) is 13.2 Å². The Morgan fingerprint density at radius 3 is 2.45 bits per heavy atom. The zero-order valence-corrected chi connectivity index (χ0v) is 17.7. The largest absolute Gasteiger partial charge is 0.495 e. The third-order valence-corrected chi connectivity index (χ3v) is 5.94. The summed E-state index contributed by atoms with van der Waals surface area (Å²) < 4.78 is 31.7. The molecule has 0 aliphatic rings. The van der Waals surface area contributed by atoms with Crippen molar-refractivity contribution in [2.75, 3.05) is 23.0 Å². The van der Waals surface area contributed by atoms with Crippen molar-refractivity contribution in [1.82, 2.24) is 0 Å². The highest BCUT2D eigenvalue weighted by Crippen LogP contribution is 2.33. The first-order valence-electron chi connectivity index (χ1n) is 9.15. The summed E-state index contributed by atoms with van der Waals surface area (Å²) in [6.07, 6.45) is 1.08. The summed E-state index contributed by atoms with van der Waals surface area (Å²) in [7, 11) is -2.29. The Morgan fingerprint density at radius 2 is 1.76 bits per heavy atom. The number of nitrogens with one attached hydrogen (secondary N) is 1. The molecule has 0 saturated heterocycles. The van der Waals surface area contributed by atoms with E-state index in [1.807, 2.05) is 49.4 Å². The smallest absolute Gasteiger partial charge is 0.248 e. The lowest BCUT2D eigenvalue weighted by atomic mass is 10.1. The number of rotatable bonds is 6. The second kappa shape index (κ2) is 8.13. The Kier molecular flexibility index (Phi) is 5.79. The van der Waals surface area contributed by atoms with Gasteiger partial charge in [-0.05, 0) is 43.0 Å². The molecule has 0 aliphatic heterocycles. The van der Waals surface area contributed by atoms with Gasteiger partial charge in [-0.3, -0.25) is 9.10 Å². The van der Waals surface area contributed by atoms with Gasteiger partial charge in [-0.25, -0.2) is 8.42 Å². The second-order valence-electron chi connectivity index (χ2n) is 6.93. The van der Waals surface area contributed by atoms with Crippen LogP contribution < -0.4 is 14.4 Å². The molecule has 6 nitrogen and oxygen atoms in total. The van der Waals surface area contributed by atoms with Crippen LogP contribution in [0.5, 0.6) is 5.75 Å². The van der Waals surface area contributed by atoms with Crippen molar-refractivity contribution in [3.8, 4) is 5.75 Å². The van der Waals surface area contributed by atoms with Crippen LogP contribution in [0.4, 0.5) is 11.4 Å². The predicted octanol–water partition coefficient (Wildman–Crippen LogP) is 3.95. The van der Waals surface area contributed by atoms with Crippen LogP contribution in [0.15, 0.2) is 60.7 Å². The molecule has 7 heteroatoms. The van der Waals surface area contributed by atoms with E-state index >= 15 is 0 Å². The van der Waals surface area contributed by atoms with Crippen molar-refractivity contribution in [3.05, 3.63) is 66.2 Å². The summed E-state index contributed by atoms with van der Waals surface area (Å²) in [6.45, 7) is 3.41. The summed E-state index contributed by atoms with van der Waals surface area (Å²) >= 11 is 0. The molecule has 0 fully saturated rings. The summed E-state index contributed by atoms with van der Waals surface area (Å²) in [5, 5.41) is 4.74. The normalized spacial score (nSPS) is 12.4. The van der Waals surface area contributed by atoms with Crippen LogP contribution in [0.2, 0.25) is 0 Å². The summed E-state index contributed by atoms with van der Waals surface area (Å²) in [4.78, 5) is 13.0. The number of aryl methyl sites for hydroxylation is 1. The number of carbonyl (C=O) groups excluding carboxylic acids is 1. The van der Waals surface area contributed by atoms with Crippen LogP contribution in [-0.2, 0) is 14.8 Å². The number of hydrogen-bond donors (Lipinski definition) is 1. The van der Waals surface area contributed by atoms with Crippen molar-refractivity contribution in [2.24, 2.45) is 0 Å². The molecule has 3 aromatic rings. The Hall–Kier alpha value is -3.06. The molecule has 3 rings (SSSR count). The van der Waals surface area contributed by atoms with E-state index in [0.29, 0.717) is 17.1 Å². The molecule has 0 heterocycles. The lowest BCUT2D eigenvalue weighted by molar-refractivity contribution is -0.116. The number of methoxy groups -OCH3 is 1. The highest BCUT2D eigenvalue weighted by molar-refractivity contribution is 7.92. The van der Waals surface area contributed by atoms with Gasteiger partial charge in [0.1, 0.15) is 11.8 Å². The number of carbonyl (C=O) groups is 1. The number of sulfonamides is 1. The molecule has 0 aromatic heterocycles. The van der Waals surface area contributed by atoms with Gasteiger partial charge in [0, 0.05) is 11.1 Å². The fourth-order valence-corrected chi connectivity index (χ4v) is 4.49. The van der Waals surface area contributed by atoms with Gasteiger partial charge >= 0.3 is 0 Å². The second-order valence-corrected chi connectivity index (χ2v) is 8.79. The molecule has 0 radical (unpaired) electrons. The number of ether oxygens (including phenoxy) is 1. The molecule has 29 heavy (non-hydrogen) atoms. The molecule has 0 saturated carbocycles. The van der Waals surface area contributed by atoms with Crippen molar-refractivity contribution < 1.29 is 17.9 Å². The Balaban J connectivity index is 2.00. The van der Waals surface area contributed by atoms with E-state index < -0.39 is 22.0 Å². The predicted molar refractivity (Wildman–Crippen MR) is 117 cm³/mol. The van der Waals surface area contributed by atoms with Crippen LogP contribution in [-0.4, -0.2) is 33.7 Å². The van der Waals surface area contributed by atoms with Crippen molar-refractivity contribution in [2.45, 2.75) is 19.9 Å². The summed E-state index contributed by atoms with van der Waals surface area (Å²) in [6, 6.07) is 17.5. The van der Waals surface area contributed by atoms with Crippen LogP contribution in [0.25, 0.3) is 10.8 Å². The molecule has 1 amide bonds. The Bertz CT molecular complexity index is 1150. The molecule has 0 unspecified atom stereocenters. The number of nitrogens with zero attached hydrogens (tertiary/aromatic N) is 1. The molecule has 0 aliphatic carbocycles. The quantitative estimate of drug-likeness (QED) is 0.665. The first-order valence-corrected chi connectivity index (χ1v) is 11.0. The van der Waals surface area contributed by atoms with E-state index in [4.69, 9.17) is 4.74 Å². The number of hydrogen-bond acceptors (Lipinski definition) is 4. The highest BCUT2D eigenvalue weighted by Gasteiger charge is 2.31. The van der Waals surface area contributed by atoms with Crippen molar-refractivity contribution in [3.63, 3.8) is 0 Å². The van der Waals surface area contributed by atoms with E-state index in [-0.39, 0.29) is 0 Å². The Morgan fingerprint density at radius 1 is 1.07 bits per heavy atom. The van der Waals surface area contributed by atoms with Crippen molar-refractivity contribution in [1.29, 1.82) is 0 Å². The van der Waals surface area contributed by atoms with E-state index in [2.05, 4.69) is 5.32 Å². The number of fused-ring (bicyclic) bond motifs is 1. The van der Waals surface area contributed by atoms with Gasteiger partial charge in [0.2, 0.25) is 15.9 Å². The van der Waals surface area contributed by atoms with Crippen LogP contribution in [0, 0.1) is 6.92 Å². The molecular formula is C22H24N2O4S. The minimum absolute atomic E-state index is 0.329. The monoisotopic (exact) mass is 412 g/mol. The average molecular weight is 413 g/mol. The van der Waals surface area contributed by atoms with Gasteiger partial charge in [0.25, 0.3) is 0 Å². The van der Waals surface area contributed by atoms with Gasteiger partial charge in [-0.2, -0.15) is 0 Å². The highest BCUT2D eigenvalue weighted by atomic mass is 32.2. The molecule has 152 valence electrons. The van der Waals surface area contributed by atoms with Crippen LogP contribution in [0.3, 0.4) is 0 Å². The molecular weight excluding hydrogens is 388 g/mol. The third-order valence-electron chi connectivity index (χ3n) is 4.71. The van der Waals surface area contributed by atoms with Gasteiger partial charge in [0.05, 0.1) is 19.1 Å². The van der Waals surface area contributed by atoms with Crippen molar-refractivity contribution >= 4 is 38.1 Å². The summed E-state index contributed by atoms with van der Waals surface area (Å²) in [5.41, 5.74) is 1.82. The van der Waals surface area contributed by atoms with Crippen LogP contribution >= 0.6 is 0 Å². The summed E-state index contributed by atoms with van der Waals surface area (Å²) in [5.74, 6) is -0.0545.